The topological polar surface area (TPSA) is 12.0 Å². The lowest BCUT2D eigenvalue weighted by Crippen LogP contribution is -2.14. The van der Waals surface area contributed by atoms with E-state index in [2.05, 4.69) is 5.32 Å². The van der Waals surface area contributed by atoms with Crippen LogP contribution >= 0.6 is 0 Å². The van der Waals surface area contributed by atoms with Crippen molar-refractivity contribution in [2.24, 2.45) is 0 Å². The SMILES string of the molecule is CCCNCc1cc(F)ccc1-c1cc(F)c(F)c(F)c1. The van der Waals surface area contributed by atoms with E-state index >= 15 is 0 Å². The summed E-state index contributed by atoms with van der Waals surface area (Å²) >= 11 is 0. The molecule has 0 amide bonds. The zero-order chi connectivity index (χ0) is 15.4. The molecule has 2 aromatic rings. The molecule has 0 aliphatic rings. The average molecular weight is 297 g/mol. The predicted molar refractivity (Wildman–Crippen MR) is 73.7 cm³/mol. The van der Waals surface area contributed by atoms with Crippen molar-refractivity contribution in [3.63, 3.8) is 0 Å². The maximum Gasteiger partial charge on any atom is 0.194 e. The third kappa shape index (κ3) is 3.61. The third-order valence-electron chi connectivity index (χ3n) is 3.10. The number of nitrogens with one attached hydrogen (secondary N) is 1. The molecule has 1 N–H and O–H groups in total. The molecular formula is C16H15F4N. The Hall–Kier alpha value is -1.88. The van der Waals surface area contributed by atoms with Gasteiger partial charge in [-0.3, -0.25) is 0 Å². The first-order chi connectivity index (χ1) is 10.0. The molecule has 0 bridgehead atoms. The van der Waals surface area contributed by atoms with Crippen LogP contribution < -0.4 is 5.32 Å². The molecular weight excluding hydrogens is 282 g/mol. The van der Waals surface area contributed by atoms with Gasteiger partial charge in [0.25, 0.3) is 0 Å². The summed E-state index contributed by atoms with van der Waals surface area (Å²) in [6, 6.07) is 5.77. The quantitative estimate of drug-likeness (QED) is 0.490. The van der Waals surface area contributed by atoms with Gasteiger partial charge in [0.1, 0.15) is 5.82 Å². The Morgan fingerprint density at radius 1 is 0.952 bits per heavy atom. The van der Waals surface area contributed by atoms with Crippen LogP contribution in [0, 0.1) is 23.3 Å². The molecule has 0 fully saturated rings. The third-order valence-corrected chi connectivity index (χ3v) is 3.10. The van der Waals surface area contributed by atoms with Crippen LogP contribution in [0.1, 0.15) is 18.9 Å². The molecule has 2 rings (SSSR count). The first-order valence-electron chi connectivity index (χ1n) is 6.67. The first-order valence-corrected chi connectivity index (χ1v) is 6.67. The van der Waals surface area contributed by atoms with E-state index in [0.717, 1.165) is 25.1 Å². The normalized spacial score (nSPS) is 10.9. The largest absolute Gasteiger partial charge is 0.313 e. The molecule has 0 spiro atoms. The summed E-state index contributed by atoms with van der Waals surface area (Å²) in [7, 11) is 0. The second-order valence-corrected chi connectivity index (χ2v) is 4.73. The van der Waals surface area contributed by atoms with Gasteiger partial charge in [-0.2, -0.15) is 0 Å². The number of benzene rings is 2. The zero-order valence-electron chi connectivity index (χ0n) is 11.5. The Kier molecular flexibility index (Phi) is 4.96. The van der Waals surface area contributed by atoms with Gasteiger partial charge in [-0.1, -0.05) is 13.0 Å². The molecule has 0 unspecified atom stereocenters. The summed E-state index contributed by atoms with van der Waals surface area (Å²) in [4.78, 5) is 0. The molecule has 112 valence electrons. The summed E-state index contributed by atoms with van der Waals surface area (Å²) in [5.74, 6) is -4.47. The van der Waals surface area contributed by atoms with Gasteiger partial charge in [-0.05, 0) is 53.9 Å². The van der Waals surface area contributed by atoms with E-state index in [0.29, 0.717) is 17.7 Å². The van der Waals surface area contributed by atoms with Crippen LogP contribution in [0.3, 0.4) is 0 Å². The van der Waals surface area contributed by atoms with Crippen LogP contribution in [0.25, 0.3) is 11.1 Å². The molecule has 0 radical (unpaired) electrons. The van der Waals surface area contributed by atoms with E-state index in [-0.39, 0.29) is 5.56 Å². The number of rotatable bonds is 5. The van der Waals surface area contributed by atoms with Crippen molar-refractivity contribution in [2.45, 2.75) is 19.9 Å². The second kappa shape index (κ2) is 6.72. The average Bonchev–Trinajstić information content (AvgIpc) is 2.45. The van der Waals surface area contributed by atoms with Gasteiger partial charge in [-0.25, -0.2) is 17.6 Å². The minimum Gasteiger partial charge on any atom is -0.313 e. The Bertz CT molecular complexity index is 617. The predicted octanol–water partition coefficient (Wildman–Crippen LogP) is 4.41. The molecule has 0 saturated heterocycles. The maximum absolute atomic E-state index is 13.4. The van der Waals surface area contributed by atoms with Crippen molar-refractivity contribution < 1.29 is 17.6 Å². The van der Waals surface area contributed by atoms with E-state index in [1.54, 1.807) is 0 Å². The van der Waals surface area contributed by atoms with E-state index in [9.17, 15) is 17.6 Å². The molecule has 0 aliphatic heterocycles. The van der Waals surface area contributed by atoms with Crippen molar-refractivity contribution in [3.05, 3.63) is 59.2 Å². The Morgan fingerprint density at radius 3 is 2.24 bits per heavy atom. The van der Waals surface area contributed by atoms with E-state index in [4.69, 9.17) is 0 Å². The Morgan fingerprint density at radius 2 is 1.62 bits per heavy atom. The standard InChI is InChI=1S/C16H15F4N/c1-2-5-21-9-11-6-12(17)3-4-13(11)10-7-14(18)16(20)15(19)8-10/h3-4,6-8,21H,2,5,9H2,1H3. The summed E-state index contributed by atoms with van der Waals surface area (Å²) < 4.78 is 53.1. The van der Waals surface area contributed by atoms with Crippen LogP contribution in [0.2, 0.25) is 0 Å². The van der Waals surface area contributed by atoms with Crippen molar-refractivity contribution in [1.82, 2.24) is 5.32 Å². The molecule has 0 atom stereocenters. The first kappa shape index (κ1) is 15.5. The van der Waals surface area contributed by atoms with Crippen molar-refractivity contribution >= 4 is 0 Å². The van der Waals surface area contributed by atoms with Gasteiger partial charge < -0.3 is 5.32 Å². The monoisotopic (exact) mass is 297 g/mol. The highest BCUT2D eigenvalue weighted by molar-refractivity contribution is 5.67. The molecule has 21 heavy (non-hydrogen) atoms. The Balaban J connectivity index is 2.43. The molecule has 0 aromatic heterocycles. The highest BCUT2D eigenvalue weighted by Crippen LogP contribution is 2.27. The lowest BCUT2D eigenvalue weighted by molar-refractivity contribution is 0.447. The molecule has 0 saturated carbocycles. The molecule has 1 nitrogen and oxygen atoms in total. The van der Waals surface area contributed by atoms with Crippen molar-refractivity contribution in [2.75, 3.05) is 6.54 Å². The number of halogens is 4. The van der Waals surface area contributed by atoms with Crippen molar-refractivity contribution in [3.8, 4) is 11.1 Å². The minimum absolute atomic E-state index is 0.180. The summed E-state index contributed by atoms with van der Waals surface area (Å²) in [6.45, 7) is 3.09. The molecule has 0 aliphatic carbocycles. The van der Waals surface area contributed by atoms with Gasteiger partial charge in [0.15, 0.2) is 17.5 Å². The minimum atomic E-state index is -1.51. The fraction of sp³-hybridized carbons (Fsp3) is 0.250. The smallest absolute Gasteiger partial charge is 0.194 e. The van der Waals surface area contributed by atoms with Gasteiger partial charge >= 0.3 is 0 Å². The summed E-state index contributed by atoms with van der Waals surface area (Å²) in [6.07, 6.45) is 0.907. The fourth-order valence-electron chi connectivity index (χ4n) is 2.10. The van der Waals surface area contributed by atoms with E-state index in [1.807, 2.05) is 6.92 Å². The maximum atomic E-state index is 13.4. The molecule has 5 heteroatoms. The number of hydrogen-bond acceptors (Lipinski definition) is 1. The van der Waals surface area contributed by atoms with Crippen LogP contribution in [0.15, 0.2) is 30.3 Å². The Labute approximate surface area is 120 Å². The number of hydrogen-bond donors (Lipinski definition) is 1. The highest BCUT2D eigenvalue weighted by Gasteiger charge is 2.14. The summed E-state index contributed by atoms with van der Waals surface area (Å²) in [5, 5.41) is 3.10. The van der Waals surface area contributed by atoms with Gasteiger partial charge in [0.2, 0.25) is 0 Å². The highest BCUT2D eigenvalue weighted by atomic mass is 19.2. The van der Waals surface area contributed by atoms with Crippen molar-refractivity contribution in [1.29, 1.82) is 0 Å². The van der Waals surface area contributed by atoms with Gasteiger partial charge in [-0.15, -0.1) is 0 Å². The van der Waals surface area contributed by atoms with Crippen LogP contribution in [0.5, 0.6) is 0 Å². The fourth-order valence-corrected chi connectivity index (χ4v) is 2.10. The summed E-state index contributed by atoms with van der Waals surface area (Å²) in [5.41, 5.74) is 1.21. The molecule has 2 aromatic carbocycles. The zero-order valence-corrected chi connectivity index (χ0v) is 11.5. The lowest BCUT2D eigenvalue weighted by Gasteiger charge is -2.11. The van der Waals surface area contributed by atoms with Gasteiger partial charge in [0, 0.05) is 6.54 Å². The van der Waals surface area contributed by atoms with Crippen LogP contribution in [-0.2, 0) is 6.54 Å². The lowest BCUT2D eigenvalue weighted by atomic mass is 9.99. The van der Waals surface area contributed by atoms with E-state index < -0.39 is 23.3 Å². The van der Waals surface area contributed by atoms with Crippen LogP contribution in [-0.4, -0.2) is 6.54 Å². The van der Waals surface area contributed by atoms with Crippen LogP contribution in [0.4, 0.5) is 17.6 Å². The second-order valence-electron chi connectivity index (χ2n) is 4.73. The van der Waals surface area contributed by atoms with Gasteiger partial charge in [0.05, 0.1) is 0 Å². The molecule has 0 heterocycles. The van der Waals surface area contributed by atoms with E-state index in [1.165, 1.54) is 18.2 Å².